The number of amides is 4. The maximum absolute atomic E-state index is 12.6. The lowest BCUT2D eigenvalue weighted by Crippen LogP contribution is -2.58. The number of primary amides is 1. The highest BCUT2D eigenvalue weighted by Gasteiger charge is 2.29. The largest absolute Gasteiger partial charge is 0.480 e. The van der Waals surface area contributed by atoms with Crippen molar-refractivity contribution in [2.75, 3.05) is 18.9 Å². The number of rotatable bonds is 16. The Hall–Kier alpha value is -3.11. The van der Waals surface area contributed by atoms with E-state index < -0.39 is 60.4 Å². The molecule has 13 N–H and O–H groups in total. The summed E-state index contributed by atoms with van der Waals surface area (Å²) in [5.74, 6) is -4.84. The first-order valence-electron chi connectivity index (χ1n) is 9.87. The van der Waals surface area contributed by atoms with Crippen molar-refractivity contribution in [2.45, 2.75) is 49.9 Å². The zero-order valence-corrected chi connectivity index (χ0v) is 18.8. The van der Waals surface area contributed by atoms with Crippen molar-refractivity contribution < 1.29 is 34.2 Å². The van der Waals surface area contributed by atoms with E-state index in [1.165, 1.54) is 0 Å². The van der Waals surface area contributed by atoms with E-state index in [1.807, 2.05) is 0 Å². The minimum absolute atomic E-state index is 0.0114. The second-order valence-corrected chi connectivity index (χ2v) is 7.31. The van der Waals surface area contributed by atoms with Crippen LogP contribution in [0.4, 0.5) is 0 Å². The molecule has 0 aromatic rings. The van der Waals surface area contributed by atoms with Gasteiger partial charge >= 0.3 is 5.97 Å². The van der Waals surface area contributed by atoms with E-state index in [0.717, 1.165) is 0 Å². The SMILES string of the molecule is NC(=O)CCC(N)C(=O)NC(CS)C(=O)NC(CCCN=C(N)N)C(=O)NC(CO)C(=O)O. The van der Waals surface area contributed by atoms with Crippen LogP contribution < -0.4 is 38.9 Å². The van der Waals surface area contributed by atoms with E-state index >= 15 is 0 Å². The van der Waals surface area contributed by atoms with E-state index in [2.05, 4.69) is 33.6 Å². The number of thiol groups is 1. The first kappa shape index (κ1) is 29.9. The number of aliphatic carboxylic acids is 1. The van der Waals surface area contributed by atoms with Crippen LogP contribution in [0.3, 0.4) is 0 Å². The number of guanidine groups is 1. The van der Waals surface area contributed by atoms with E-state index in [-0.39, 0.29) is 43.9 Å². The molecule has 0 heterocycles. The van der Waals surface area contributed by atoms with Crippen molar-refractivity contribution in [3.05, 3.63) is 0 Å². The van der Waals surface area contributed by atoms with E-state index in [0.29, 0.717) is 0 Å². The van der Waals surface area contributed by atoms with Gasteiger partial charge < -0.3 is 49.1 Å². The number of carbonyl (C=O) groups excluding carboxylic acids is 4. The van der Waals surface area contributed by atoms with Crippen LogP contribution in [0.1, 0.15) is 25.7 Å². The summed E-state index contributed by atoms with van der Waals surface area (Å²) in [6, 6.07) is -5.12. The Morgan fingerprint density at radius 1 is 0.879 bits per heavy atom. The number of carboxylic acids is 1. The molecule has 0 fully saturated rings. The highest BCUT2D eigenvalue weighted by atomic mass is 32.1. The summed E-state index contributed by atoms with van der Waals surface area (Å²) in [4.78, 5) is 63.0. The fraction of sp³-hybridized carbons (Fsp3) is 0.647. The lowest BCUT2D eigenvalue weighted by molar-refractivity contribution is -0.143. The summed E-state index contributed by atoms with van der Waals surface area (Å²) in [7, 11) is 0. The monoisotopic (exact) mass is 492 g/mol. The van der Waals surface area contributed by atoms with Crippen LogP contribution in [-0.4, -0.2) is 88.8 Å². The molecule has 4 amide bonds. The van der Waals surface area contributed by atoms with Crippen molar-refractivity contribution >= 4 is 48.2 Å². The topological polar surface area (TPSA) is 278 Å². The number of nitrogens with two attached hydrogens (primary N) is 4. The third-order valence-corrected chi connectivity index (χ3v) is 4.59. The number of hydrogen-bond acceptors (Lipinski definition) is 9. The van der Waals surface area contributed by atoms with Gasteiger partial charge in [0.1, 0.15) is 18.1 Å². The quantitative estimate of drug-likeness (QED) is 0.0424. The first-order valence-corrected chi connectivity index (χ1v) is 10.5. The van der Waals surface area contributed by atoms with Crippen LogP contribution in [0, 0.1) is 0 Å². The highest BCUT2D eigenvalue weighted by molar-refractivity contribution is 7.80. The number of hydrogen-bond donors (Lipinski definition) is 10. The minimum Gasteiger partial charge on any atom is -0.480 e. The molecule has 0 saturated carbocycles. The van der Waals surface area contributed by atoms with Crippen LogP contribution in [0.25, 0.3) is 0 Å². The van der Waals surface area contributed by atoms with E-state index in [1.54, 1.807) is 0 Å². The predicted octanol–water partition coefficient (Wildman–Crippen LogP) is -4.91. The molecule has 0 rings (SSSR count). The summed E-state index contributed by atoms with van der Waals surface area (Å²) in [5, 5.41) is 25.0. The van der Waals surface area contributed by atoms with Gasteiger partial charge in [0.25, 0.3) is 0 Å². The molecule has 33 heavy (non-hydrogen) atoms. The van der Waals surface area contributed by atoms with E-state index in [4.69, 9.17) is 33.1 Å². The average Bonchev–Trinajstić information content (AvgIpc) is 2.74. The van der Waals surface area contributed by atoms with E-state index in [9.17, 15) is 24.0 Å². The molecule has 0 radical (unpaired) electrons. The van der Waals surface area contributed by atoms with Gasteiger partial charge in [-0.1, -0.05) is 0 Å². The molecule has 0 bridgehead atoms. The molecular formula is C17H32N8O7S. The Bertz CT molecular complexity index is 732. The molecule has 4 atom stereocenters. The van der Waals surface area contributed by atoms with Gasteiger partial charge in [-0.15, -0.1) is 0 Å². The Labute approximate surface area is 195 Å². The van der Waals surface area contributed by atoms with Crippen LogP contribution in [0.15, 0.2) is 4.99 Å². The molecule has 0 aromatic carbocycles. The molecule has 0 aromatic heterocycles. The second kappa shape index (κ2) is 15.7. The minimum atomic E-state index is -1.58. The van der Waals surface area contributed by atoms with Crippen LogP contribution in [0.5, 0.6) is 0 Å². The molecule has 0 saturated heterocycles. The average molecular weight is 493 g/mol. The number of nitrogens with one attached hydrogen (secondary N) is 3. The fourth-order valence-electron chi connectivity index (χ4n) is 2.40. The number of carboxylic acid groups (broad SMARTS) is 1. The van der Waals surface area contributed by atoms with Gasteiger partial charge in [-0.25, -0.2) is 4.79 Å². The van der Waals surface area contributed by atoms with Gasteiger partial charge in [0.2, 0.25) is 23.6 Å². The normalized spacial score (nSPS) is 14.2. The van der Waals surface area contributed by atoms with Gasteiger partial charge in [0, 0.05) is 18.7 Å². The summed E-state index contributed by atoms with van der Waals surface area (Å²) < 4.78 is 0. The van der Waals surface area contributed by atoms with Gasteiger partial charge in [-0.05, 0) is 19.3 Å². The standard InChI is InChI=1S/C17H32N8O7S/c18-8(3-4-12(19)27)13(28)25-11(7-33)15(30)23-9(2-1-5-22-17(20)21)14(29)24-10(6-26)16(31)32/h8-11,26,33H,1-7,18H2,(H2,19,27)(H,23,30)(H,24,29)(H,25,28)(H,31,32)(H4,20,21,22). The Kier molecular flexibility index (Phi) is 14.2. The van der Waals surface area contributed by atoms with Crippen LogP contribution in [0.2, 0.25) is 0 Å². The Morgan fingerprint density at radius 2 is 1.42 bits per heavy atom. The molecule has 0 spiro atoms. The fourth-order valence-corrected chi connectivity index (χ4v) is 2.66. The molecule has 188 valence electrons. The number of aliphatic hydroxyl groups is 1. The number of aliphatic hydroxyl groups excluding tert-OH is 1. The summed E-state index contributed by atoms with van der Waals surface area (Å²) in [6.07, 6.45) is 0.0934. The van der Waals surface area contributed by atoms with Gasteiger partial charge in [-0.3, -0.25) is 24.2 Å². The summed E-state index contributed by atoms with van der Waals surface area (Å²) in [5.41, 5.74) is 21.2. The van der Waals surface area contributed by atoms with Crippen molar-refractivity contribution in [1.29, 1.82) is 0 Å². The highest BCUT2D eigenvalue weighted by Crippen LogP contribution is 2.03. The Morgan fingerprint density at radius 3 is 1.91 bits per heavy atom. The molecule has 0 aliphatic heterocycles. The second-order valence-electron chi connectivity index (χ2n) is 6.95. The first-order chi connectivity index (χ1) is 15.4. The van der Waals surface area contributed by atoms with Gasteiger partial charge in [0.15, 0.2) is 5.96 Å². The zero-order valence-electron chi connectivity index (χ0n) is 17.9. The van der Waals surface area contributed by atoms with Gasteiger partial charge in [-0.2, -0.15) is 12.6 Å². The molecule has 0 aliphatic carbocycles. The number of carbonyl (C=O) groups is 5. The maximum atomic E-state index is 12.6. The summed E-state index contributed by atoms with van der Waals surface area (Å²) >= 11 is 4.02. The van der Waals surface area contributed by atoms with Gasteiger partial charge in [0.05, 0.1) is 12.6 Å². The van der Waals surface area contributed by atoms with Crippen LogP contribution >= 0.6 is 12.6 Å². The molecule has 4 unspecified atom stereocenters. The number of aliphatic imine (C=N–C) groups is 1. The third kappa shape index (κ3) is 12.5. The van der Waals surface area contributed by atoms with Crippen molar-refractivity contribution in [1.82, 2.24) is 16.0 Å². The van der Waals surface area contributed by atoms with Crippen molar-refractivity contribution in [2.24, 2.45) is 27.9 Å². The predicted molar refractivity (Wildman–Crippen MR) is 121 cm³/mol. The summed E-state index contributed by atoms with van der Waals surface area (Å²) in [6.45, 7) is -0.736. The Balaban J connectivity index is 5.25. The number of nitrogens with zero attached hydrogens (tertiary/aromatic N) is 1. The molecular weight excluding hydrogens is 460 g/mol. The third-order valence-electron chi connectivity index (χ3n) is 4.23. The lowest BCUT2D eigenvalue weighted by Gasteiger charge is -2.24. The molecule has 15 nitrogen and oxygen atoms in total. The smallest absolute Gasteiger partial charge is 0.328 e. The maximum Gasteiger partial charge on any atom is 0.328 e. The lowest BCUT2D eigenvalue weighted by atomic mass is 10.1. The van der Waals surface area contributed by atoms with Crippen molar-refractivity contribution in [3.63, 3.8) is 0 Å². The molecule has 16 heteroatoms. The van der Waals surface area contributed by atoms with Crippen molar-refractivity contribution in [3.8, 4) is 0 Å². The zero-order chi connectivity index (χ0) is 25.6. The van der Waals surface area contributed by atoms with Crippen LogP contribution in [-0.2, 0) is 24.0 Å². The molecule has 0 aliphatic rings.